The SMILES string of the molecule is COc1cc(-c2ccc3nc(Nc4cccc(C(=O)NCC(C)C)n4)cn3n2)cnc1OC. The molecule has 2 N–H and O–H groups in total. The molecule has 0 aliphatic carbocycles. The summed E-state index contributed by atoms with van der Waals surface area (Å²) >= 11 is 0. The summed E-state index contributed by atoms with van der Waals surface area (Å²) in [6, 6.07) is 10.7. The molecule has 0 bridgehead atoms. The number of amides is 1. The average Bonchev–Trinajstić information content (AvgIpc) is 3.23. The number of rotatable bonds is 8. The lowest BCUT2D eigenvalue weighted by molar-refractivity contribution is 0.0944. The maximum Gasteiger partial charge on any atom is 0.269 e. The Morgan fingerprint density at radius 2 is 1.94 bits per heavy atom. The molecule has 33 heavy (non-hydrogen) atoms. The number of carbonyl (C=O) groups is 1. The third-order valence-corrected chi connectivity index (χ3v) is 4.76. The van der Waals surface area contributed by atoms with Crippen LogP contribution in [0.15, 0.2) is 48.8 Å². The molecule has 0 fully saturated rings. The predicted octanol–water partition coefficient (Wildman–Crippen LogP) is 3.33. The van der Waals surface area contributed by atoms with Crippen molar-refractivity contribution in [2.45, 2.75) is 13.8 Å². The van der Waals surface area contributed by atoms with Gasteiger partial charge in [-0.05, 0) is 36.2 Å². The molecular weight excluding hydrogens is 422 g/mol. The van der Waals surface area contributed by atoms with Crippen molar-refractivity contribution in [3.63, 3.8) is 0 Å². The largest absolute Gasteiger partial charge is 0.491 e. The minimum atomic E-state index is -0.211. The molecule has 0 unspecified atom stereocenters. The van der Waals surface area contributed by atoms with E-state index in [1.165, 1.54) is 7.11 Å². The third-order valence-electron chi connectivity index (χ3n) is 4.76. The molecule has 0 saturated carbocycles. The Kier molecular flexibility index (Phi) is 6.34. The van der Waals surface area contributed by atoms with Crippen LogP contribution >= 0.6 is 0 Å². The smallest absolute Gasteiger partial charge is 0.269 e. The molecular formula is C23H25N7O3. The minimum absolute atomic E-state index is 0.211. The molecule has 0 aliphatic heterocycles. The van der Waals surface area contributed by atoms with Gasteiger partial charge in [-0.3, -0.25) is 4.79 Å². The Balaban J connectivity index is 1.55. The Bertz CT molecular complexity index is 1290. The number of hydrogen-bond donors (Lipinski definition) is 2. The van der Waals surface area contributed by atoms with Crippen LogP contribution < -0.4 is 20.1 Å². The highest BCUT2D eigenvalue weighted by Gasteiger charge is 2.12. The zero-order chi connectivity index (χ0) is 23.4. The summed E-state index contributed by atoms with van der Waals surface area (Å²) in [5.74, 6) is 2.15. The quantitative estimate of drug-likeness (QED) is 0.423. The number of anilines is 2. The fraction of sp³-hybridized carbons (Fsp3) is 0.261. The first kappa shape index (κ1) is 22.0. The van der Waals surface area contributed by atoms with Crippen molar-refractivity contribution in [2.75, 3.05) is 26.1 Å². The molecule has 4 heterocycles. The van der Waals surface area contributed by atoms with Crippen molar-refractivity contribution >= 4 is 23.2 Å². The highest BCUT2D eigenvalue weighted by Crippen LogP contribution is 2.29. The molecule has 0 atom stereocenters. The molecule has 4 rings (SSSR count). The fourth-order valence-electron chi connectivity index (χ4n) is 3.12. The summed E-state index contributed by atoms with van der Waals surface area (Å²) in [4.78, 5) is 25.5. The first-order chi connectivity index (χ1) is 16.0. The second-order valence-electron chi connectivity index (χ2n) is 7.72. The Morgan fingerprint density at radius 1 is 1.09 bits per heavy atom. The lowest BCUT2D eigenvalue weighted by Gasteiger charge is -2.08. The average molecular weight is 447 g/mol. The van der Waals surface area contributed by atoms with Gasteiger partial charge in [-0.25, -0.2) is 19.5 Å². The van der Waals surface area contributed by atoms with Crippen molar-refractivity contribution in [1.82, 2.24) is 29.9 Å². The Labute approximate surface area is 191 Å². The van der Waals surface area contributed by atoms with Gasteiger partial charge in [-0.2, -0.15) is 5.10 Å². The highest BCUT2D eigenvalue weighted by atomic mass is 16.5. The number of methoxy groups -OCH3 is 2. The van der Waals surface area contributed by atoms with E-state index in [0.29, 0.717) is 52.8 Å². The highest BCUT2D eigenvalue weighted by molar-refractivity contribution is 5.92. The number of ether oxygens (including phenoxy) is 2. The Morgan fingerprint density at radius 3 is 2.70 bits per heavy atom. The van der Waals surface area contributed by atoms with Gasteiger partial charge in [0.05, 0.1) is 26.1 Å². The topological polar surface area (TPSA) is 116 Å². The number of fused-ring (bicyclic) bond motifs is 1. The van der Waals surface area contributed by atoms with E-state index in [2.05, 4.69) is 30.7 Å². The molecule has 0 saturated heterocycles. The number of nitrogens with zero attached hydrogens (tertiary/aromatic N) is 5. The number of nitrogens with one attached hydrogen (secondary N) is 2. The lowest BCUT2D eigenvalue weighted by atomic mass is 10.2. The molecule has 170 valence electrons. The van der Waals surface area contributed by atoms with Gasteiger partial charge in [-0.15, -0.1) is 0 Å². The van der Waals surface area contributed by atoms with E-state index in [0.717, 1.165) is 5.56 Å². The number of aromatic nitrogens is 5. The number of hydrogen-bond acceptors (Lipinski definition) is 8. The minimum Gasteiger partial charge on any atom is -0.491 e. The maximum atomic E-state index is 12.3. The summed E-state index contributed by atoms with van der Waals surface area (Å²) in [5, 5.41) is 10.6. The molecule has 4 aromatic rings. The van der Waals surface area contributed by atoms with Crippen molar-refractivity contribution in [1.29, 1.82) is 0 Å². The van der Waals surface area contributed by atoms with E-state index in [9.17, 15) is 4.79 Å². The van der Waals surface area contributed by atoms with Crippen LogP contribution in [0.2, 0.25) is 0 Å². The normalized spacial score (nSPS) is 10.9. The number of pyridine rings is 2. The zero-order valence-electron chi connectivity index (χ0n) is 18.9. The van der Waals surface area contributed by atoms with Crippen LogP contribution in [0, 0.1) is 5.92 Å². The number of carbonyl (C=O) groups excluding carboxylic acids is 1. The summed E-state index contributed by atoms with van der Waals surface area (Å²) in [5.41, 5.74) is 2.47. The monoisotopic (exact) mass is 447 g/mol. The summed E-state index contributed by atoms with van der Waals surface area (Å²) < 4.78 is 12.2. The van der Waals surface area contributed by atoms with Crippen LogP contribution in [0.1, 0.15) is 24.3 Å². The van der Waals surface area contributed by atoms with Gasteiger partial charge in [-0.1, -0.05) is 19.9 Å². The van der Waals surface area contributed by atoms with Gasteiger partial charge in [0.2, 0.25) is 0 Å². The second kappa shape index (κ2) is 9.51. The van der Waals surface area contributed by atoms with Crippen molar-refractivity contribution in [3.05, 3.63) is 54.5 Å². The summed E-state index contributed by atoms with van der Waals surface area (Å²) in [6.45, 7) is 4.67. The first-order valence-electron chi connectivity index (χ1n) is 10.4. The Hall–Kier alpha value is -4.21. The lowest BCUT2D eigenvalue weighted by Crippen LogP contribution is -2.28. The van der Waals surface area contributed by atoms with E-state index >= 15 is 0 Å². The van der Waals surface area contributed by atoms with Crippen molar-refractivity contribution < 1.29 is 14.3 Å². The molecule has 4 aromatic heterocycles. The standard InChI is InChI=1S/C23H25N7O3/c1-14(2)11-24-22(31)17-6-5-7-19(26-17)27-20-13-30-21(28-20)9-8-16(29-30)15-10-18(32-3)23(33-4)25-12-15/h5-10,12-14H,11H2,1-4H3,(H,24,31)(H,26,27). The molecule has 10 nitrogen and oxygen atoms in total. The van der Waals surface area contributed by atoms with Gasteiger partial charge >= 0.3 is 0 Å². The van der Waals surface area contributed by atoms with Gasteiger partial charge in [0.1, 0.15) is 11.5 Å². The van der Waals surface area contributed by atoms with E-state index in [-0.39, 0.29) is 5.91 Å². The van der Waals surface area contributed by atoms with Crippen LogP contribution in [0.5, 0.6) is 11.6 Å². The molecule has 0 radical (unpaired) electrons. The number of imidazole rings is 1. The van der Waals surface area contributed by atoms with Gasteiger partial charge in [0.15, 0.2) is 17.2 Å². The molecule has 0 aromatic carbocycles. The van der Waals surface area contributed by atoms with Crippen LogP contribution in [0.4, 0.5) is 11.6 Å². The fourth-order valence-corrected chi connectivity index (χ4v) is 3.12. The van der Waals surface area contributed by atoms with Crippen molar-refractivity contribution in [2.24, 2.45) is 5.92 Å². The van der Waals surface area contributed by atoms with Gasteiger partial charge in [0.25, 0.3) is 11.8 Å². The van der Waals surface area contributed by atoms with Crippen molar-refractivity contribution in [3.8, 4) is 22.9 Å². The van der Waals surface area contributed by atoms with E-state index < -0.39 is 0 Å². The summed E-state index contributed by atoms with van der Waals surface area (Å²) in [6.07, 6.45) is 3.42. The van der Waals surface area contributed by atoms with Crippen LogP contribution in [-0.4, -0.2) is 51.2 Å². The zero-order valence-corrected chi connectivity index (χ0v) is 18.9. The predicted molar refractivity (Wildman–Crippen MR) is 124 cm³/mol. The van der Waals surface area contributed by atoms with Crippen LogP contribution in [0.3, 0.4) is 0 Å². The first-order valence-corrected chi connectivity index (χ1v) is 10.4. The molecule has 0 aliphatic rings. The van der Waals surface area contributed by atoms with Gasteiger partial charge < -0.3 is 20.1 Å². The maximum absolute atomic E-state index is 12.3. The second-order valence-corrected chi connectivity index (χ2v) is 7.72. The third kappa shape index (κ3) is 5.00. The molecule has 1 amide bonds. The summed E-state index contributed by atoms with van der Waals surface area (Å²) in [7, 11) is 3.10. The van der Waals surface area contributed by atoms with Crippen LogP contribution in [0.25, 0.3) is 16.9 Å². The van der Waals surface area contributed by atoms with Gasteiger partial charge in [0, 0.05) is 18.3 Å². The van der Waals surface area contributed by atoms with Crippen LogP contribution in [-0.2, 0) is 0 Å². The van der Waals surface area contributed by atoms with E-state index in [4.69, 9.17) is 9.47 Å². The van der Waals surface area contributed by atoms with E-state index in [1.807, 2.05) is 32.0 Å². The molecule has 0 spiro atoms. The van der Waals surface area contributed by atoms with E-state index in [1.54, 1.807) is 42.2 Å². The molecule has 10 heteroatoms.